The molecule has 3 aromatic rings. The molecule has 3 heterocycles. The van der Waals surface area contributed by atoms with E-state index in [0.29, 0.717) is 29.8 Å². The van der Waals surface area contributed by atoms with E-state index in [0.717, 1.165) is 13.1 Å². The number of piperidine rings is 1. The van der Waals surface area contributed by atoms with Crippen LogP contribution in [-0.2, 0) is 25.4 Å². The molecule has 1 saturated heterocycles. The van der Waals surface area contributed by atoms with E-state index < -0.39 is 6.36 Å². The molecule has 0 spiro atoms. The van der Waals surface area contributed by atoms with Crippen LogP contribution >= 0.6 is 0 Å². The minimum absolute atomic E-state index is 0.122. The molecule has 1 aliphatic carbocycles. The smallest absolute Gasteiger partial charge is 0.406 e. The number of carbonyl (C=O) groups excluding carboxylic acids is 2. The van der Waals surface area contributed by atoms with Gasteiger partial charge in [-0.2, -0.15) is 5.10 Å². The third-order valence-electron chi connectivity index (χ3n) is 6.94. The van der Waals surface area contributed by atoms with E-state index in [1.165, 1.54) is 24.5 Å². The third-order valence-corrected chi connectivity index (χ3v) is 6.94. The maximum atomic E-state index is 13.3. The summed E-state index contributed by atoms with van der Waals surface area (Å²) in [5.41, 5.74) is 0.795. The van der Waals surface area contributed by atoms with Gasteiger partial charge < -0.3 is 19.5 Å². The topological polar surface area (TPSA) is 97.5 Å². The predicted octanol–water partition coefficient (Wildman–Crippen LogP) is 2.51. The first kappa shape index (κ1) is 25.8. The summed E-state index contributed by atoms with van der Waals surface area (Å²) in [6.07, 6.45) is 0.105. The van der Waals surface area contributed by atoms with Crippen LogP contribution in [0.25, 0.3) is 0 Å². The highest BCUT2D eigenvalue weighted by Gasteiger charge is 2.56. The largest absolute Gasteiger partial charge is 0.573 e. The Labute approximate surface area is 217 Å². The number of hydrogen-bond acceptors (Lipinski definition) is 6. The molecule has 2 aromatic heterocycles. The molecule has 0 bridgehead atoms. The van der Waals surface area contributed by atoms with Crippen LogP contribution in [0.4, 0.5) is 19.0 Å². The fourth-order valence-electron chi connectivity index (χ4n) is 5.22. The minimum Gasteiger partial charge on any atom is -0.406 e. The van der Waals surface area contributed by atoms with Crippen molar-refractivity contribution in [3.63, 3.8) is 0 Å². The minimum atomic E-state index is -4.80. The van der Waals surface area contributed by atoms with Crippen molar-refractivity contribution in [2.45, 2.75) is 12.9 Å². The maximum absolute atomic E-state index is 13.3. The standard InChI is InChI=1S/C25H28F3N7O3/c1-32-13-21(29-15-32)24(37)35(9-16-4-3-5-17(8-16)38-25(26,27)28)12-20-18-10-34(11-19(18)20)14-23(36)30-22-6-7-33(2)31-22/h3-8,13,15,18-20H,9-12,14H2,1-2H3,(H,30,31,36). The monoisotopic (exact) mass is 531 g/mol. The number of ether oxygens (including phenoxy) is 1. The van der Waals surface area contributed by atoms with Crippen LogP contribution in [0.5, 0.6) is 5.75 Å². The van der Waals surface area contributed by atoms with Gasteiger partial charge in [-0.3, -0.25) is 19.2 Å². The number of aromatic nitrogens is 4. The number of likely N-dealkylation sites (tertiary alicyclic amines) is 1. The van der Waals surface area contributed by atoms with Gasteiger partial charge in [-0.05, 0) is 35.4 Å². The molecular formula is C25H28F3N7O3. The molecule has 2 unspecified atom stereocenters. The zero-order valence-electron chi connectivity index (χ0n) is 20.9. The number of carbonyl (C=O) groups is 2. The van der Waals surface area contributed by atoms with Gasteiger partial charge in [-0.15, -0.1) is 13.2 Å². The normalized spacial score (nSPS) is 20.7. The van der Waals surface area contributed by atoms with Crippen molar-refractivity contribution in [1.29, 1.82) is 0 Å². The van der Waals surface area contributed by atoms with Crippen molar-refractivity contribution in [3.8, 4) is 5.75 Å². The number of fused-ring (bicyclic) bond motifs is 1. The van der Waals surface area contributed by atoms with E-state index >= 15 is 0 Å². The predicted molar refractivity (Wildman–Crippen MR) is 130 cm³/mol. The van der Waals surface area contributed by atoms with Crippen LogP contribution < -0.4 is 10.1 Å². The lowest BCUT2D eigenvalue weighted by Crippen LogP contribution is -2.37. The Hall–Kier alpha value is -3.87. The first-order valence-electron chi connectivity index (χ1n) is 12.2. The van der Waals surface area contributed by atoms with Crippen molar-refractivity contribution in [2.24, 2.45) is 31.8 Å². The molecule has 1 aromatic carbocycles. The van der Waals surface area contributed by atoms with Crippen LogP contribution in [0.3, 0.4) is 0 Å². The van der Waals surface area contributed by atoms with E-state index in [2.05, 4.69) is 25.0 Å². The molecule has 2 aliphatic rings. The fourth-order valence-corrected chi connectivity index (χ4v) is 5.22. The Morgan fingerprint density at radius 1 is 1.18 bits per heavy atom. The van der Waals surface area contributed by atoms with Gasteiger partial charge in [0.1, 0.15) is 11.4 Å². The van der Waals surface area contributed by atoms with Gasteiger partial charge in [0.05, 0.1) is 12.9 Å². The lowest BCUT2D eigenvalue weighted by atomic mass is 10.1. The van der Waals surface area contributed by atoms with Gasteiger partial charge in [-0.25, -0.2) is 4.98 Å². The molecule has 38 heavy (non-hydrogen) atoms. The van der Waals surface area contributed by atoms with Crippen LogP contribution in [0.15, 0.2) is 49.1 Å². The van der Waals surface area contributed by atoms with Crippen LogP contribution in [-0.4, -0.2) is 73.5 Å². The Balaban J connectivity index is 1.21. The molecular weight excluding hydrogens is 503 g/mol. The second kappa shape index (κ2) is 10.1. The average Bonchev–Trinajstić information content (AvgIpc) is 3.26. The second-order valence-corrected chi connectivity index (χ2v) is 9.91. The van der Waals surface area contributed by atoms with E-state index in [4.69, 9.17) is 0 Å². The molecule has 1 N–H and O–H groups in total. The van der Waals surface area contributed by atoms with Crippen molar-refractivity contribution < 1.29 is 27.5 Å². The van der Waals surface area contributed by atoms with Gasteiger partial charge >= 0.3 is 6.36 Å². The van der Waals surface area contributed by atoms with Crippen LogP contribution in [0.2, 0.25) is 0 Å². The molecule has 2 atom stereocenters. The molecule has 0 radical (unpaired) electrons. The molecule has 1 saturated carbocycles. The van der Waals surface area contributed by atoms with E-state index in [1.54, 1.807) is 52.8 Å². The van der Waals surface area contributed by atoms with Gasteiger partial charge in [0, 0.05) is 58.7 Å². The molecule has 2 amide bonds. The van der Waals surface area contributed by atoms with Crippen molar-refractivity contribution >= 4 is 17.6 Å². The number of imidazole rings is 1. The highest BCUT2D eigenvalue weighted by atomic mass is 19.4. The highest BCUT2D eigenvalue weighted by Crippen LogP contribution is 2.52. The molecule has 13 heteroatoms. The first-order chi connectivity index (χ1) is 18.0. The van der Waals surface area contributed by atoms with Gasteiger partial charge in [0.15, 0.2) is 5.82 Å². The summed E-state index contributed by atoms with van der Waals surface area (Å²) in [6.45, 7) is 2.32. The molecule has 2 fully saturated rings. The number of rotatable bonds is 9. The number of amides is 2. The maximum Gasteiger partial charge on any atom is 0.573 e. The molecule has 10 nitrogen and oxygen atoms in total. The van der Waals surface area contributed by atoms with Gasteiger partial charge in [0.2, 0.25) is 5.91 Å². The zero-order valence-corrected chi connectivity index (χ0v) is 20.9. The summed E-state index contributed by atoms with van der Waals surface area (Å²) < 4.78 is 45.4. The van der Waals surface area contributed by atoms with E-state index in [1.807, 2.05) is 0 Å². The van der Waals surface area contributed by atoms with Crippen LogP contribution in [0, 0.1) is 17.8 Å². The van der Waals surface area contributed by atoms with E-state index in [9.17, 15) is 22.8 Å². The molecule has 202 valence electrons. The number of benzene rings is 1. The Morgan fingerprint density at radius 3 is 2.58 bits per heavy atom. The fraction of sp³-hybridized carbons (Fsp3) is 0.440. The number of nitrogens with zero attached hydrogens (tertiary/aromatic N) is 6. The lowest BCUT2D eigenvalue weighted by Gasteiger charge is -2.25. The summed E-state index contributed by atoms with van der Waals surface area (Å²) >= 11 is 0. The summed E-state index contributed by atoms with van der Waals surface area (Å²) in [5.74, 6) is 0.690. The van der Waals surface area contributed by atoms with Gasteiger partial charge in [0.25, 0.3) is 5.91 Å². The van der Waals surface area contributed by atoms with Crippen molar-refractivity contribution in [1.82, 2.24) is 29.1 Å². The number of nitrogens with one attached hydrogen (secondary N) is 1. The van der Waals surface area contributed by atoms with Crippen LogP contribution in [0.1, 0.15) is 16.1 Å². The Bertz CT molecular complexity index is 1310. The van der Waals surface area contributed by atoms with Crippen molar-refractivity contribution in [2.75, 3.05) is 31.5 Å². The summed E-state index contributed by atoms with van der Waals surface area (Å²) in [6, 6.07) is 7.39. The second-order valence-electron chi connectivity index (χ2n) is 9.91. The summed E-state index contributed by atoms with van der Waals surface area (Å²) in [5, 5.41) is 6.94. The summed E-state index contributed by atoms with van der Waals surface area (Å²) in [4.78, 5) is 33.6. The number of aryl methyl sites for hydroxylation is 2. The number of alkyl halides is 3. The Morgan fingerprint density at radius 2 is 1.95 bits per heavy atom. The lowest BCUT2D eigenvalue weighted by molar-refractivity contribution is -0.274. The SMILES string of the molecule is Cn1cnc(C(=O)N(Cc2cccc(OC(F)(F)F)c2)CC2C3CN(CC(=O)Nc4ccn(C)n4)CC32)c1. The highest BCUT2D eigenvalue weighted by molar-refractivity contribution is 5.92. The summed E-state index contributed by atoms with van der Waals surface area (Å²) in [7, 11) is 3.54. The third kappa shape index (κ3) is 6.15. The van der Waals surface area contributed by atoms with E-state index in [-0.39, 0.29) is 42.3 Å². The Kier molecular flexibility index (Phi) is 6.86. The van der Waals surface area contributed by atoms with Crippen molar-refractivity contribution in [3.05, 3.63) is 60.3 Å². The quantitative estimate of drug-likeness (QED) is 0.456. The number of hydrogen-bond donors (Lipinski definition) is 1. The molecule has 5 rings (SSSR count). The average molecular weight is 532 g/mol. The van der Waals surface area contributed by atoms with Gasteiger partial charge in [-0.1, -0.05) is 12.1 Å². The molecule has 1 aliphatic heterocycles. The first-order valence-corrected chi connectivity index (χ1v) is 12.2. The number of halogens is 3. The zero-order chi connectivity index (χ0) is 27.0. The number of anilines is 1.